The number of nitrogens with one attached hydrogen (secondary N) is 2. The molecular formula is C21H22N4O2S2. The van der Waals surface area contributed by atoms with Gasteiger partial charge in [0.2, 0.25) is 11.0 Å². The number of aromatic nitrogens is 2. The first-order valence-corrected chi connectivity index (χ1v) is 11.0. The highest BCUT2D eigenvalue weighted by molar-refractivity contribution is 8.01. The summed E-state index contributed by atoms with van der Waals surface area (Å²) >= 11 is 3.01. The molecule has 2 amide bonds. The van der Waals surface area contributed by atoms with Crippen molar-refractivity contribution in [1.82, 2.24) is 10.2 Å². The molecule has 0 spiro atoms. The number of amides is 2. The van der Waals surface area contributed by atoms with Crippen LogP contribution in [0.25, 0.3) is 0 Å². The Labute approximate surface area is 178 Å². The Hall–Kier alpha value is -2.71. The maximum atomic E-state index is 12.4. The normalized spacial score (nSPS) is 11.7. The van der Waals surface area contributed by atoms with Crippen molar-refractivity contribution in [3.05, 3.63) is 65.7 Å². The van der Waals surface area contributed by atoms with Gasteiger partial charge in [-0.15, -0.1) is 10.2 Å². The molecule has 0 aliphatic rings. The van der Waals surface area contributed by atoms with Gasteiger partial charge in [-0.05, 0) is 36.2 Å². The van der Waals surface area contributed by atoms with Gasteiger partial charge >= 0.3 is 0 Å². The highest BCUT2D eigenvalue weighted by atomic mass is 32.2. The number of nitrogens with zero attached hydrogens (tertiary/aromatic N) is 2. The van der Waals surface area contributed by atoms with Gasteiger partial charge in [0.05, 0.1) is 6.42 Å². The Morgan fingerprint density at radius 2 is 1.76 bits per heavy atom. The second kappa shape index (κ2) is 10.2. The number of rotatable bonds is 8. The Kier molecular flexibility index (Phi) is 7.37. The average molecular weight is 427 g/mol. The zero-order valence-electron chi connectivity index (χ0n) is 16.2. The Balaban J connectivity index is 1.54. The topological polar surface area (TPSA) is 84.0 Å². The van der Waals surface area contributed by atoms with Crippen molar-refractivity contribution in [1.29, 1.82) is 0 Å². The van der Waals surface area contributed by atoms with Gasteiger partial charge in [-0.2, -0.15) is 0 Å². The molecule has 0 fully saturated rings. The predicted octanol–water partition coefficient (Wildman–Crippen LogP) is 4.86. The van der Waals surface area contributed by atoms with Crippen molar-refractivity contribution in [3.63, 3.8) is 0 Å². The highest BCUT2D eigenvalue weighted by Gasteiger charge is 2.12. The van der Waals surface area contributed by atoms with Gasteiger partial charge in [-0.25, -0.2) is 0 Å². The van der Waals surface area contributed by atoms with E-state index in [4.69, 9.17) is 0 Å². The number of hydrogen-bond acceptors (Lipinski definition) is 6. The van der Waals surface area contributed by atoms with Crippen molar-refractivity contribution in [2.75, 3.05) is 10.6 Å². The van der Waals surface area contributed by atoms with Gasteiger partial charge in [0, 0.05) is 16.5 Å². The number of thioether (sulfide) groups is 1. The van der Waals surface area contributed by atoms with E-state index >= 15 is 0 Å². The van der Waals surface area contributed by atoms with Crippen molar-refractivity contribution in [2.45, 2.75) is 36.3 Å². The highest BCUT2D eigenvalue weighted by Crippen LogP contribution is 2.30. The molecule has 0 aliphatic carbocycles. The van der Waals surface area contributed by atoms with Gasteiger partial charge in [-0.1, -0.05) is 67.3 Å². The Morgan fingerprint density at radius 1 is 1.03 bits per heavy atom. The van der Waals surface area contributed by atoms with Gasteiger partial charge in [-0.3, -0.25) is 14.9 Å². The molecule has 3 rings (SSSR count). The maximum absolute atomic E-state index is 12.4. The number of benzene rings is 2. The van der Waals surface area contributed by atoms with Crippen LogP contribution < -0.4 is 10.6 Å². The molecule has 2 N–H and O–H groups in total. The van der Waals surface area contributed by atoms with Crippen LogP contribution in [-0.4, -0.2) is 27.3 Å². The lowest BCUT2D eigenvalue weighted by Crippen LogP contribution is -2.15. The minimum absolute atomic E-state index is 0.103. The minimum atomic E-state index is -0.261. The smallest absolute Gasteiger partial charge is 0.257 e. The quantitative estimate of drug-likeness (QED) is 0.397. The van der Waals surface area contributed by atoms with E-state index in [0.717, 1.165) is 16.3 Å². The third-order valence-electron chi connectivity index (χ3n) is 4.14. The summed E-state index contributed by atoms with van der Waals surface area (Å²) in [6.45, 7) is 4.25. The first-order valence-electron chi connectivity index (χ1n) is 9.29. The zero-order valence-corrected chi connectivity index (χ0v) is 17.8. The molecule has 1 atom stereocenters. The third kappa shape index (κ3) is 6.40. The summed E-state index contributed by atoms with van der Waals surface area (Å²) in [4.78, 5) is 24.5. The average Bonchev–Trinajstić information content (AvgIpc) is 3.15. The second-order valence-corrected chi connectivity index (χ2v) is 9.11. The van der Waals surface area contributed by atoms with Gasteiger partial charge in [0.15, 0.2) is 4.34 Å². The second-order valence-electron chi connectivity index (χ2n) is 6.45. The molecule has 1 unspecified atom stereocenters. The number of anilines is 2. The van der Waals surface area contributed by atoms with E-state index in [2.05, 4.69) is 34.7 Å². The zero-order chi connectivity index (χ0) is 20.6. The third-order valence-corrected chi connectivity index (χ3v) is 6.33. The van der Waals surface area contributed by atoms with Crippen LogP contribution in [-0.2, 0) is 11.2 Å². The van der Waals surface area contributed by atoms with Crippen LogP contribution >= 0.6 is 23.1 Å². The monoisotopic (exact) mass is 426 g/mol. The molecule has 0 radical (unpaired) electrons. The molecular weight excluding hydrogens is 404 g/mol. The van der Waals surface area contributed by atoms with Gasteiger partial charge < -0.3 is 5.32 Å². The molecule has 3 aromatic rings. The molecule has 0 bridgehead atoms. The lowest BCUT2D eigenvalue weighted by atomic mass is 10.1. The summed E-state index contributed by atoms with van der Waals surface area (Å²) in [6, 6.07) is 16.3. The number of hydrogen-bond donors (Lipinski definition) is 2. The van der Waals surface area contributed by atoms with E-state index in [0.29, 0.717) is 28.1 Å². The van der Waals surface area contributed by atoms with Crippen LogP contribution in [0.4, 0.5) is 10.8 Å². The number of carbonyl (C=O) groups excluding carboxylic acids is 2. The molecule has 150 valence electrons. The van der Waals surface area contributed by atoms with Crippen LogP contribution in [0.2, 0.25) is 0 Å². The lowest BCUT2D eigenvalue weighted by Gasteiger charge is -2.07. The minimum Gasteiger partial charge on any atom is -0.326 e. The number of carbonyl (C=O) groups is 2. The fourth-order valence-corrected chi connectivity index (χ4v) is 4.42. The van der Waals surface area contributed by atoms with E-state index < -0.39 is 0 Å². The molecule has 1 aromatic heterocycles. The fraction of sp³-hybridized carbons (Fsp3) is 0.238. The van der Waals surface area contributed by atoms with E-state index in [9.17, 15) is 9.59 Å². The van der Waals surface area contributed by atoms with Crippen molar-refractivity contribution < 1.29 is 9.59 Å². The van der Waals surface area contributed by atoms with E-state index in [1.807, 2.05) is 30.3 Å². The summed E-state index contributed by atoms with van der Waals surface area (Å²) in [5, 5.41) is 14.7. The lowest BCUT2D eigenvalue weighted by molar-refractivity contribution is -0.115. The maximum Gasteiger partial charge on any atom is 0.257 e. The molecule has 0 saturated carbocycles. The SMILES string of the molecule is CCC(C)Sc1nnc(NC(=O)c2ccc(NC(=O)Cc3ccccc3)cc2)s1. The van der Waals surface area contributed by atoms with E-state index in [1.54, 1.807) is 36.0 Å². The summed E-state index contributed by atoms with van der Waals surface area (Å²) in [5.74, 6) is -0.364. The van der Waals surface area contributed by atoms with Crippen LogP contribution in [0.1, 0.15) is 36.2 Å². The van der Waals surface area contributed by atoms with Crippen LogP contribution in [0, 0.1) is 0 Å². The van der Waals surface area contributed by atoms with Crippen LogP contribution in [0.15, 0.2) is 58.9 Å². The first-order chi connectivity index (χ1) is 14.0. The standard InChI is InChI=1S/C21H22N4O2S2/c1-3-14(2)28-21-25-24-20(29-21)23-19(27)16-9-11-17(12-10-16)22-18(26)13-15-7-5-4-6-8-15/h4-12,14H,3,13H2,1-2H3,(H,22,26)(H,23,24,27). The predicted molar refractivity (Wildman–Crippen MR) is 119 cm³/mol. The summed E-state index contributed by atoms with van der Waals surface area (Å²) in [5.41, 5.74) is 2.08. The fourth-order valence-electron chi connectivity index (χ4n) is 2.42. The molecule has 0 aliphatic heterocycles. The van der Waals surface area contributed by atoms with Crippen LogP contribution in [0.3, 0.4) is 0 Å². The van der Waals surface area contributed by atoms with Crippen molar-refractivity contribution in [2.24, 2.45) is 0 Å². The van der Waals surface area contributed by atoms with Gasteiger partial charge in [0.25, 0.3) is 5.91 Å². The van der Waals surface area contributed by atoms with Crippen molar-refractivity contribution in [3.8, 4) is 0 Å². The first kappa shape index (κ1) is 21.0. The van der Waals surface area contributed by atoms with E-state index in [-0.39, 0.29) is 11.8 Å². The largest absolute Gasteiger partial charge is 0.326 e. The van der Waals surface area contributed by atoms with Crippen molar-refractivity contribution >= 4 is 45.7 Å². The molecule has 29 heavy (non-hydrogen) atoms. The van der Waals surface area contributed by atoms with Crippen LogP contribution in [0.5, 0.6) is 0 Å². The van der Waals surface area contributed by atoms with Gasteiger partial charge in [0.1, 0.15) is 0 Å². The summed E-state index contributed by atoms with van der Waals surface area (Å²) in [7, 11) is 0. The molecule has 0 saturated heterocycles. The summed E-state index contributed by atoms with van der Waals surface area (Å²) in [6.07, 6.45) is 1.34. The van der Waals surface area contributed by atoms with E-state index in [1.165, 1.54) is 11.3 Å². The molecule has 6 nitrogen and oxygen atoms in total. The molecule has 8 heteroatoms. The summed E-state index contributed by atoms with van der Waals surface area (Å²) < 4.78 is 0.839. The Morgan fingerprint density at radius 3 is 2.45 bits per heavy atom. The Bertz CT molecular complexity index is 958. The molecule has 1 heterocycles. The molecule has 2 aromatic carbocycles.